The van der Waals surface area contributed by atoms with E-state index in [0.717, 1.165) is 12.1 Å². The average Bonchev–Trinajstić information content (AvgIpc) is 2.20. The first-order valence-corrected chi connectivity index (χ1v) is 4.81. The number of halogens is 6. The molecule has 1 N–H and O–H groups in total. The van der Waals surface area contributed by atoms with Crippen LogP contribution >= 0.6 is 23.2 Å². The van der Waals surface area contributed by atoms with Crippen molar-refractivity contribution in [3.8, 4) is 0 Å². The summed E-state index contributed by atoms with van der Waals surface area (Å²) in [5, 5.41) is 8.92. The van der Waals surface area contributed by atoms with Crippen LogP contribution in [0, 0.1) is 0 Å². The Labute approximate surface area is 98.6 Å². The highest BCUT2D eigenvalue weighted by Crippen LogP contribution is 2.39. The molecule has 90 valence electrons. The molecule has 0 bridgehead atoms. The summed E-state index contributed by atoms with van der Waals surface area (Å²) in [4.78, 5) is 0. The summed E-state index contributed by atoms with van der Waals surface area (Å²) in [5.41, 5.74) is -0.528. The third-order valence-corrected chi connectivity index (χ3v) is 2.49. The van der Waals surface area contributed by atoms with Crippen molar-refractivity contribution in [1.82, 2.24) is 0 Å². The number of rotatable bonds is 3. The van der Waals surface area contributed by atoms with Crippen molar-refractivity contribution in [2.24, 2.45) is 0 Å². The highest BCUT2D eigenvalue weighted by atomic mass is 35.5. The third kappa shape index (κ3) is 2.59. The Balaban J connectivity index is 3.14. The maximum absolute atomic E-state index is 12.8. The highest BCUT2D eigenvalue weighted by Gasteiger charge is 2.49. The van der Waals surface area contributed by atoms with E-state index < -0.39 is 24.0 Å². The molecule has 0 fully saturated rings. The molecule has 0 aliphatic heterocycles. The van der Waals surface area contributed by atoms with Crippen molar-refractivity contribution in [2.75, 3.05) is 0 Å². The van der Waals surface area contributed by atoms with Crippen LogP contribution in [0.25, 0.3) is 0 Å². The van der Waals surface area contributed by atoms with Gasteiger partial charge in [0.1, 0.15) is 6.10 Å². The van der Waals surface area contributed by atoms with E-state index in [0.29, 0.717) is 0 Å². The second-order valence-electron chi connectivity index (χ2n) is 3.04. The van der Waals surface area contributed by atoms with Gasteiger partial charge in [-0.05, 0) is 18.2 Å². The highest BCUT2D eigenvalue weighted by molar-refractivity contribution is 6.33. The van der Waals surface area contributed by atoms with Gasteiger partial charge in [0.2, 0.25) is 0 Å². The van der Waals surface area contributed by atoms with E-state index in [1.54, 1.807) is 0 Å². The summed E-state index contributed by atoms with van der Waals surface area (Å²) in [7, 11) is 0. The Bertz CT molecular complexity index is 384. The third-order valence-electron chi connectivity index (χ3n) is 1.91. The predicted octanol–water partition coefficient (Wildman–Crippen LogP) is 3.93. The lowest BCUT2D eigenvalue weighted by atomic mass is 10.0. The van der Waals surface area contributed by atoms with Crippen LogP contribution < -0.4 is 0 Å². The molecule has 1 aromatic rings. The summed E-state index contributed by atoms with van der Waals surface area (Å²) < 4.78 is 49.7. The van der Waals surface area contributed by atoms with Gasteiger partial charge in [0.15, 0.2) is 0 Å². The Morgan fingerprint density at radius 2 is 1.75 bits per heavy atom. The second kappa shape index (κ2) is 4.77. The molecular weight excluding hydrogens is 271 g/mol. The lowest BCUT2D eigenvalue weighted by Crippen LogP contribution is -2.34. The van der Waals surface area contributed by atoms with Crippen molar-refractivity contribution < 1.29 is 22.7 Å². The van der Waals surface area contributed by atoms with Crippen LogP contribution in [0.3, 0.4) is 0 Å². The predicted molar refractivity (Wildman–Crippen MR) is 52.4 cm³/mol. The van der Waals surface area contributed by atoms with Crippen LogP contribution in [0.2, 0.25) is 10.0 Å². The minimum Gasteiger partial charge on any atom is -0.382 e. The summed E-state index contributed by atoms with van der Waals surface area (Å²) in [6.07, 6.45) is -6.68. The molecule has 0 aliphatic carbocycles. The van der Waals surface area contributed by atoms with E-state index >= 15 is 0 Å². The Kier molecular flexibility index (Phi) is 4.04. The van der Waals surface area contributed by atoms with Gasteiger partial charge in [0, 0.05) is 15.6 Å². The number of benzene rings is 1. The van der Waals surface area contributed by atoms with Gasteiger partial charge in [-0.3, -0.25) is 0 Å². The molecule has 1 rings (SSSR count). The Morgan fingerprint density at radius 1 is 1.19 bits per heavy atom. The number of aliphatic hydroxyl groups is 1. The standard InChI is InChI=1S/C9H6Cl2F4O/c10-4-1-2-6(11)5(3-4)7(16)9(14,15)8(12)13/h1-3,7-8,16H. The first-order chi connectivity index (χ1) is 7.26. The van der Waals surface area contributed by atoms with Gasteiger partial charge in [0.05, 0.1) is 0 Å². The lowest BCUT2D eigenvalue weighted by Gasteiger charge is -2.22. The van der Waals surface area contributed by atoms with Gasteiger partial charge in [-0.2, -0.15) is 8.78 Å². The molecule has 1 unspecified atom stereocenters. The minimum absolute atomic E-state index is 0.0171. The van der Waals surface area contributed by atoms with E-state index in [-0.39, 0.29) is 10.0 Å². The molecule has 0 saturated heterocycles. The van der Waals surface area contributed by atoms with Crippen molar-refractivity contribution >= 4 is 23.2 Å². The molecule has 7 heteroatoms. The van der Waals surface area contributed by atoms with E-state index in [2.05, 4.69) is 0 Å². The fourth-order valence-electron chi connectivity index (χ4n) is 1.05. The normalized spacial score (nSPS) is 14.2. The summed E-state index contributed by atoms with van der Waals surface area (Å²) in [6, 6.07) is 3.36. The molecule has 0 amide bonds. The molecule has 1 aromatic carbocycles. The summed E-state index contributed by atoms with van der Waals surface area (Å²) >= 11 is 11.0. The second-order valence-corrected chi connectivity index (χ2v) is 3.89. The quantitative estimate of drug-likeness (QED) is 0.830. The zero-order valence-corrected chi connectivity index (χ0v) is 9.11. The first kappa shape index (κ1) is 13.5. The van der Waals surface area contributed by atoms with Crippen LogP contribution in [0.15, 0.2) is 18.2 Å². The monoisotopic (exact) mass is 276 g/mol. The fraction of sp³-hybridized carbons (Fsp3) is 0.333. The van der Waals surface area contributed by atoms with Crippen LogP contribution in [0.4, 0.5) is 17.6 Å². The number of aliphatic hydroxyl groups excluding tert-OH is 1. The molecule has 0 radical (unpaired) electrons. The van der Waals surface area contributed by atoms with Crippen molar-refractivity contribution in [1.29, 1.82) is 0 Å². The van der Waals surface area contributed by atoms with Gasteiger partial charge in [-0.1, -0.05) is 23.2 Å². The van der Waals surface area contributed by atoms with Crippen LogP contribution in [0.1, 0.15) is 11.7 Å². The van der Waals surface area contributed by atoms with E-state index in [9.17, 15) is 17.6 Å². The Morgan fingerprint density at radius 3 is 2.25 bits per heavy atom. The maximum atomic E-state index is 12.8. The van der Waals surface area contributed by atoms with E-state index in [4.69, 9.17) is 28.3 Å². The molecule has 0 spiro atoms. The molecule has 0 saturated carbocycles. The zero-order valence-electron chi connectivity index (χ0n) is 7.60. The average molecular weight is 277 g/mol. The maximum Gasteiger partial charge on any atom is 0.336 e. The molecule has 16 heavy (non-hydrogen) atoms. The minimum atomic E-state index is -4.58. The van der Waals surface area contributed by atoms with Gasteiger partial charge < -0.3 is 5.11 Å². The van der Waals surface area contributed by atoms with Crippen LogP contribution in [-0.2, 0) is 0 Å². The SMILES string of the molecule is OC(c1cc(Cl)ccc1Cl)C(F)(F)C(F)F. The smallest absolute Gasteiger partial charge is 0.336 e. The number of hydrogen-bond acceptors (Lipinski definition) is 1. The van der Waals surface area contributed by atoms with Crippen LogP contribution in [0.5, 0.6) is 0 Å². The topological polar surface area (TPSA) is 20.2 Å². The van der Waals surface area contributed by atoms with Gasteiger partial charge in [-0.25, -0.2) is 8.78 Å². The summed E-state index contributed by atoms with van der Waals surface area (Å²) in [6.45, 7) is 0. The summed E-state index contributed by atoms with van der Waals surface area (Å²) in [5.74, 6) is -4.58. The Hall–Kier alpha value is -0.520. The lowest BCUT2D eigenvalue weighted by molar-refractivity contribution is -0.193. The number of alkyl halides is 4. The molecule has 0 aliphatic rings. The van der Waals surface area contributed by atoms with E-state index in [1.807, 2.05) is 0 Å². The van der Waals surface area contributed by atoms with E-state index in [1.165, 1.54) is 6.07 Å². The van der Waals surface area contributed by atoms with Gasteiger partial charge >= 0.3 is 12.3 Å². The van der Waals surface area contributed by atoms with Crippen molar-refractivity contribution in [2.45, 2.75) is 18.5 Å². The molecule has 1 nitrogen and oxygen atoms in total. The first-order valence-electron chi connectivity index (χ1n) is 4.05. The molecule has 1 atom stereocenters. The van der Waals surface area contributed by atoms with Crippen LogP contribution in [-0.4, -0.2) is 17.5 Å². The largest absolute Gasteiger partial charge is 0.382 e. The van der Waals surface area contributed by atoms with Crippen molar-refractivity contribution in [3.63, 3.8) is 0 Å². The van der Waals surface area contributed by atoms with Gasteiger partial charge in [-0.15, -0.1) is 0 Å². The molecule has 0 heterocycles. The zero-order chi connectivity index (χ0) is 12.5. The molecular formula is C9H6Cl2F4O. The molecule has 0 aromatic heterocycles. The number of hydrogen-bond donors (Lipinski definition) is 1. The fourth-order valence-corrected chi connectivity index (χ4v) is 1.45. The van der Waals surface area contributed by atoms with Gasteiger partial charge in [0.25, 0.3) is 0 Å². The van der Waals surface area contributed by atoms with Crippen molar-refractivity contribution in [3.05, 3.63) is 33.8 Å².